The van der Waals surface area contributed by atoms with Gasteiger partial charge in [-0.3, -0.25) is 0 Å². The van der Waals surface area contributed by atoms with Crippen LogP contribution in [0.5, 0.6) is 0 Å². The Morgan fingerprint density at radius 1 is 0.487 bits per heavy atom. The molecule has 11 heteroatoms. The van der Waals surface area contributed by atoms with E-state index < -0.39 is 6.10 Å². The van der Waals surface area contributed by atoms with Gasteiger partial charge in [0.1, 0.15) is 0 Å². The molecule has 0 aliphatic rings. The largest absolute Gasteiger partial charge is 0.394 e. The summed E-state index contributed by atoms with van der Waals surface area (Å²) in [6, 6.07) is 0. The number of unbranched alkanes of at least 4 members (excludes halogenated alkanes) is 1. The van der Waals surface area contributed by atoms with Crippen LogP contribution in [-0.2, 0) is 42.6 Å². The molecule has 0 saturated heterocycles. The number of ether oxygens (including phenoxy) is 9. The molecule has 0 saturated carbocycles. The molecule has 0 spiro atoms. The highest BCUT2D eigenvalue weighted by atomic mass is 16.6. The second-order valence-corrected chi connectivity index (χ2v) is 9.00. The fourth-order valence-electron chi connectivity index (χ4n) is 3.48. The van der Waals surface area contributed by atoms with Gasteiger partial charge in [0, 0.05) is 0 Å². The second-order valence-electron chi connectivity index (χ2n) is 9.00. The third-order valence-corrected chi connectivity index (χ3v) is 5.67. The Balaban J connectivity index is 3.16. The van der Waals surface area contributed by atoms with Gasteiger partial charge in [0.15, 0.2) is 0 Å². The maximum atomic E-state index is 10.1. The first-order valence-electron chi connectivity index (χ1n) is 14.7. The first-order chi connectivity index (χ1) is 19.2. The van der Waals surface area contributed by atoms with E-state index in [2.05, 4.69) is 13.8 Å². The van der Waals surface area contributed by atoms with Crippen LogP contribution in [0.4, 0.5) is 0 Å². The minimum Gasteiger partial charge on any atom is -0.394 e. The van der Waals surface area contributed by atoms with Crippen molar-refractivity contribution in [2.24, 2.45) is 5.92 Å². The highest BCUT2D eigenvalue weighted by Gasteiger charge is 2.12. The molecule has 0 radical (unpaired) electrons. The number of hydrogen-bond donors (Lipinski definition) is 2. The molecule has 0 aliphatic carbocycles. The van der Waals surface area contributed by atoms with Gasteiger partial charge in [0.2, 0.25) is 0 Å². The Hall–Kier alpha value is -0.440. The summed E-state index contributed by atoms with van der Waals surface area (Å²) in [6.07, 6.45) is 5.13. The van der Waals surface area contributed by atoms with Crippen molar-refractivity contribution in [2.75, 3.05) is 126 Å². The van der Waals surface area contributed by atoms with Crippen LogP contribution in [0, 0.1) is 5.92 Å². The highest BCUT2D eigenvalue weighted by Crippen LogP contribution is 2.18. The smallest absolute Gasteiger partial charge is 0.0776 e. The van der Waals surface area contributed by atoms with E-state index in [0.29, 0.717) is 125 Å². The first-order valence-corrected chi connectivity index (χ1v) is 14.7. The molecule has 0 heterocycles. The minimum atomic E-state index is -0.397. The van der Waals surface area contributed by atoms with E-state index in [4.69, 9.17) is 47.7 Å². The summed E-state index contributed by atoms with van der Waals surface area (Å²) in [6.45, 7) is 13.1. The topological polar surface area (TPSA) is 124 Å². The Bertz CT molecular complexity index is 446. The summed E-state index contributed by atoms with van der Waals surface area (Å²) in [5, 5.41) is 18.7. The van der Waals surface area contributed by atoms with Gasteiger partial charge in [-0.25, -0.2) is 0 Å². The van der Waals surface area contributed by atoms with Crippen molar-refractivity contribution in [3.8, 4) is 0 Å². The molecule has 236 valence electrons. The van der Waals surface area contributed by atoms with E-state index in [9.17, 15) is 5.11 Å². The summed E-state index contributed by atoms with van der Waals surface area (Å²) >= 11 is 0. The molecule has 0 aliphatic heterocycles. The summed E-state index contributed by atoms with van der Waals surface area (Å²) < 4.78 is 48.6. The Kier molecular flexibility index (Phi) is 33.4. The van der Waals surface area contributed by atoms with Crippen molar-refractivity contribution < 1.29 is 52.8 Å². The molecule has 0 aromatic carbocycles. The molecule has 0 aromatic heterocycles. The van der Waals surface area contributed by atoms with Crippen LogP contribution in [0.15, 0.2) is 0 Å². The second kappa shape index (κ2) is 33.8. The fraction of sp³-hybridized carbons (Fsp3) is 1.00. The minimum absolute atomic E-state index is 0.0273. The number of aliphatic hydroxyl groups excluding tert-OH is 2. The lowest BCUT2D eigenvalue weighted by atomic mass is 9.93. The molecule has 39 heavy (non-hydrogen) atoms. The molecule has 2 unspecified atom stereocenters. The van der Waals surface area contributed by atoms with Gasteiger partial charge < -0.3 is 52.8 Å². The van der Waals surface area contributed by atoms with Crippen molar-refractivity contribution in [1.82, 2.24) is 0 Å². The van der Waals surface area contributed by atoms with E-state index in [1.165, 1.54) is 19.3 Å². The molecule has 0 bridgehead atoms. The lowest BCUT2D eigenvalue weighted by molar-refractivity contribution is -0.0294. The number of aliphatic hydroxyl groups is 2. The third kappa shape index (κ3) is 31.9. The molecular weight excluding hydrogens is 512 g/mol. The third-order valence-electron chi connectivity index (χ3n) is 5.67. The van der Waals surface area contributed by atoms with E-state index in [-0.39, 0.29) is 6.61 Å². The van der Waals surface area contributed by atoms with Crippen LogP contribution in [0.25, 0.3) is 0 Å². The van der Waals surface area contributed by atoms with Crippen LogP contribution in [0.3, 0.4) is 0 Å². The molecule has 2 N–H and O–H groups in total. The van der Waals surface area contributed by atoms with Gasteiger partial charge in [0.05, 0.1) is 132 Å². The van der Waals surface area contributed by atoms with Crippen molar-refractivity contribution in [2.45, 2.75) is 52.1 Å². The monoisotopic (exact) mass is 570 g/mol. The van der Waals surface area contributed by atoms with Gasteiger partial charge >= 0.3 is 0 Å². The predicted molar refractivity (Wildman–Crippen MR) is 148 cm³/mol. The van der Waals surface area contributed by atoms with E-state index in [1.54, 1.807) is 0 Å². The summed E-state index contributed by atoms with van der Waals surface area (Å²) in [4.78, 5) is 0. The van der Waals surface area contributed by atoms with Crippen LogP contribution in [0.1, 0.15) is 46.0 Å². The average molecular weight is 571 g/mol. The highest BCUT2D eigenvalue weighted by molar-refractivity contribution is 4.64. The quantitative estimate of drug-likeness (QED) is 0.111. The fourth-order valence-corrected chi connectivity index (χ4v) is 3.48. The molecular formula is C28H58O11. The number of hydrogen-bond acceptors (Lipinski definition) is 11. The lowest BCUT2D eigenvalue weighted by Gasteiger charge is -2.18. The van der Waals surface area contributed by atoms with Crippen LogP contribution in [-0.4, -0.2) is 142 Å². The zero-order chi connectivity index (χ0) is 28.5. The summed E-state index contributed by atoms with van der Waals surface area (Å²) in [5.74, 6) is 0.581. The van der Waals surface area contributed by atoms with Crippen molar-refractivity contribution >= 4 is 0 Å². The van der Waals surface area contributed by atoms with Gasteiger partial charge in [0.25, 0.3) is 0 Å². The zero-order valence-electron chi connectivity index (χ0n) is 24.7. The van der Waals surface area contributed by atoms with Crippen LogP contribution in [0.2, 0.25) is 0 Å². The van der Waals surface area contributed by atoms with Gasteiger partial charge in [-0.2, -0.15) is 0 Å². The van der Waals surface area contributed by atoms with Gasteiger partial charge in [-0.1, -0.05) is 39.5 Å². The molecule has 11 nitrogen and oxygen atoms in total. The normalized spacial score (nSPS) is 13.2. The standard InChI is InChI=1S/C28H58O11/c1-3-5-6-27(4-2)25-28(30)26-39-24-23-38-22-21-37-20-19-36-18-17-35-16-15-34-14-13-33-12-11-32-10-9-31-8-7-29/h27-30H,3-26H2,1-2H3. The van der Waals surface area contributed by atoms with Crippen LogP contribution >= 0.6 is 0 Å². The van der Waals surface area contributed by atoms with Crippen LogP contribution < -0.4 is 0 Å². The summed E-state index contributed by atoms with van der Waals surface area (Å²) in [7, 11) is 0. The summed E-state index contributed by atoms with van der Waals surface area (Å²) in [5.41, 5.74) is 0. The molecule has 0 amide bonds. The van der Waals surface area contributed by atoms with E-state index >= 15 is 0 Å². The maximum Gasteiger partial charge on any atom is 0.0776 e. The molecule has 0 fully saturated rings. The Morgan fingerprint density at radius 3 is 1.13 bits per heavy atom. The SMILES string of the molecule is CCCCC(CC)CC(O)COCCOCCOCCOCCOCCOCCOCCOCCOCCO. The zero-order valence-corrected chi connectivity index (χ0v) is 24.7. The Morgan fingerprint density at radius 2 is 0.821 bits per heavy atom. The molecule has 2 atom stereocenters. The predicted octanol–water partition coefficient (Wildman–Crippen LogP) is 2.10. The van der Waals surface area contributed by atoms with Gasteiger partial charge in [-0.05, 0) is 12.3 Å². The van der Waals surface area contributed by atoms with Crippen molar-refractivity contribution in [3.05, 3.63) is 0 Å². The Labute approximate surface area is 236 Å². The van der Waals surface area contributed by atoms with Crippen molar-refractivity contribution in [3.63, 3.8) is 0 Å². The van der Waals surface area contributed by atoms with E-state index in [1.807, 2.05) is 0 Å². The molecule has 0 aromatic rings. The maximum absolute atomic E-state index is 10.1. The average Bonchev–Trinajstić information content (AvgIpc) is 2.94. The lowest BCUT2D eigenvalue weighted by Crippen LogP contribution is -2.21. The molecule has 0 rings (SSSR count). The van der Waals surface area contributed by atoms with Gasteiger partial charge in [-0.15, -0.1) is 0 Å². The first kappa shape index (κ1) is 38.6. The van der Waals surface area contributed by atoms with E-state index in [0.717, 1.165) is 12.8 Å². The van der Waals surface area contributed by atoms with Crippen molar-refractivity contribution in [1.29, 1.82) is 0 Å². The number of rotatable bonds is 34.